The van der Waals surface area contributed by atoms with Crippen LogP contribution in [0.1, 0.15) is 33.4 Å². The van der Waals surface area contributed by atoms with E-state index in [1.807, 2.05) is 0 Å². The molecule has 2 aromatic carbocycles. The summed E-state index contributed by atoms with van der Waals surface area (Å²) >= 11 is 0. The van der Waals surface area contributed by atoms with Gasteiger partial charge in [-0.3, -0.25) is 0 Å². The lowest BCUT2D eigenvalue weighted by atomic mass is 10.1. The van der Waals surface area contributed by atoms with E-state index in [-0.39, 0.29) is 0 Å². The van der Waals surface area contributed by atoms with E-state index in [0.29, 0.717) is 0 Å². The maximum Gasteiger partial charge on any atom is 0.119 e. The third kappa shape index (κ3) is 6.61. The fraction of sp³-hybridized carbons (Fsp3) is 0.520. The molecule has 0 aliphatic carbocycles. The second-order valence-corrected chi connectivity index (χ2v) is 14.5. The van der Waals surface area contributed by atoms with Gasteiger partial charge in [-0.25, -0.2) is 0 Å². The molecule has 0 aliphatic heterocycles. The Kier molecular flexibility index (Phi) is 7.95. The maximum atomic E-state index is 3.70. The lowest BCUT2D eigenvalue weighted by Crippen LogP contribution is -2.50. The summed E-state index contributed by atoms with van der Waals surface area (Å²) in [5.41, 5.74) is 10.6. The quantitative estimate of drug-likeness (QED) is 0.481. The summed E-state index contributed by atoms with van der Waals surface area (Å²) in [6.45, 7) is 24.6. The Morgan fingerprint density at radius 1 is 0.621 bits per heavy atom. The van der Waals surface area contributed by atoms with Crippen LogP contribution in [0.5, 0.6) is 0 Å². The van der Waals surface area contributed by atoms with E-state index < -0.39 is 8.24 Å². The molecule has 0 saturated heterocycles. The van der Waals surface area contributed by atoms with Crippen molar-refractivity contribution < 1.29 is 0 Å². The van der Waals surface area contributed by atoms with Crippen molar-refractivity contribution in [3.63, 3.8) is 0 Å². The summed E-state index contributed by atoms with van der Waals surface area (Å²) in [6.07, 6.45) is 0. The number of hydrogen-bond acceptors (Lipinski definition) is 3. The zero-order valence-corrected chi connectivity index (χ0v) is 21.1. The zero-order chi connectivity index (χ0) is 21.8. The molecule has 2 rings (SSSR count). The fourth-order valence-electron chi connectivity index (χ4n) is 4.33. The molecule has 2 aromatic rings. The first-order valence-corrected chi connectivity index (χ1v) is 14.3. The minimum Gasteiger partial charge on any atom is -0.383 e. The first-order valence-electron chi connectivity index (χ1n) is 10.9. The van der Waals surface area contributed by atoms with Crippen molar-refractivity contribution in [2.75, 3.05) is 36.8 Å². The minimum atomic E-state index is -1.38. The molecule has 0 radical (unpaired) electrons. The fourth-order valence-corrected chi connectivity index (χ4v) is 5.90. The van der Waals surface area contributed by atoms with Gasteiger partial charge in [0.05, 0.1) is 0 Å². The van der Waals surface area contributed by atoms with Gasteiger partial charge in [0.15, 0.2) is 0 Å². The molecule has 0 fully saturated rings. The van der Waals surface area contributed by atoms with Gasteiger partial charge >= 0.3 is 0 Å². The number of nitrogens with one attached hydrogen (secondary N) is 2. The highest BCUT2D eigenvalue weighted by Gasteiger charge is 2.23. The largest absolute Gasteiger partial charge is 0.383 e. The molecule has 0 spiro atoms. The number of benzene rings is 2. The van der Waals surface area contributed by atoms with Gasteiger partial charge in [0.2, 0.25) is 0 Å². The topological polar surface area (TPSA) is 27.3 Å². The van der Waals surface area contributed by atoms with Crippen LogP contribution < -0.4 is 10.6 Å². The molecule has 0 unspecified atom stereocenters. The van der Waals surface area contributed by atoms with Crippen molar-refractivity contribution in [3.05, 3.63) is 57.6 Å². The van der Waals surface area contributed by atoms with Crippen LogP contribution in [0.3, 0.4) is 0 Å². The van der Waals surface area contributed by atoms with E-state index in [0.717, 1.165) is 26.2 Å². The lowest BCUT2D eigenvalue weighted by Gasteiger charge is -2.34. The molecule has 0 bridgehead atoms. The highest BCUT2D eigenvalue weighted by atomic mass is 28.3. The Balaban J connectivity index is 1.95. The van der Waals surface area contributed by atoms with Crippen LogP contribution in [-0.4, -0.2) is 39.0 Å². The average molecular weight is 412 g/mol. The monoisotopic (exact) mass is 411 g/mol. The number of aryl methyl sites for hydroxylation is 6. The average Bonchev–Trinajstić information content (AvgIpc) is 2.56. The molecule has 29 heavy (non-hydrogen) atoms. The van der Waals surface area contributed by atoms with Gasteiger partial charge in [-0.05, 0) is 63.8 Å². The Morgan fingerprint density at radius 3 is 1.21 bits per heavy atom. The number of nitrogens with zero attached hydrogens (tertiary/aromatic N) is 1. The summed E-state index contributed by atoms with van der Waals surface area (Å²) in [5, 5.41) is 7.41. The Morgan fingerprint density at radius 2 is 0.931 bits per heavy atom. The predicted molar refractivity (Wildman–Crippen MR) is 133 cm³/mol. The molecular formula is C25H41N3Si. The first kappa shape index (κ1) is 23.5. The van der Waals surface area contributed by atoms with E-state index in [2.05, 4.69) is 101 Å². The molecular weight excluding hydrogens is 370 g/mol. The summed E-state index contributed by atoms with van der Waals surface area (Å²) < 4.78 is 2.70. The molecule has 0 aliphatic rings. The van der Waals surface area contributed by atoms with Crippen LogP contribution in [0.15, 0.2) is 24.3 Å². The molecule has 0 atom stereocenters. The molecule has 160 valence electrons. The predicted octanol–water partition coefficient (Wildman–Crippen LogP) is 6.20. The minimum absolute atomic E-state index is 0.984. The SMILES string of the molecule is Cc1cc(C)c(NCCN(CCNc2c(C)cc(C)cc2C)[Si](C)(C)C)c(C)c1. The molecule has 0 saturated carbocycles. The van der Waals surface area contributed by atoms with Gasteiger partial charge in [0.25, 0.3) is 0 Å². The number of hydrogen-bond donors (Lipinski definition) is 2. The summed E-state index contributed by atoms with van der Waals surface area (Å²) in [7, 11) is -1.38. The van der Waals surface area contributed by atoms with E-state index in [1.165, 1.54) is 44.8 Å². The standard InChI is InChI=1S/C25H41N3Si/c1-18-14-20(3)24(21(4)15-18)26-10-12-28(29(7,8)9)13-11-27-25-22(5)16-19(2)17-23(25)6/h14-17,26-27H,10-13H2,1-9H3. The van der Waals surface area contributed by atoms with Crippen LogP contribution in [0, 0.1) is 41.5 Å². The van der Waals surface area contributed by atoms with Crippen molar-refractivity contribution in [2.24, 2.45) is 0 Å². The Hall–Kier alpha value is -1.78. The van der Waals surface area contributed by atoms with E-state index in [9.17, 15) is 0 Å². The van der Waals surface area contributed by atoms with Gasteiger partial charge in [-0.2, -0.15) is 0 Å². The van der Waals surface area contributed by atoms with Gasteiger partial charge in [0.1, 0.15) is 8.24 Å². The molecule has 0 amide bonds. The second kappa shape index (κ2) is 9.81. The van der Waals surface area contributed by atoms with Crippen LogP contribution in [0.25, 0.3) is 0 Å². The van der Waals surface area contributed by atoms with Crippen LogP contribution in [0.4, 0.5) is 11.4 Å². The maximum absolute atomic E-state index is 3.70. The van der Waals surface area contributed by atoms with Gasteiger partial charge in [-0.1, -0.05) is 55.0 Å². The van der Waals surface area contributed by atoms with E-state index in [1.54, 1.807) is 0 Å². The van der Waals surface area contributed by atoms with Crippen LogP contribution >= 0.6 is 0 Å². The van der Waals surface area contributed by atoms with Crippen molar-refractivity contribution in [1.82, 2.24) is 4.57 Å². The summed E-state index contributed by atoms with van der Waals surface area (Å²) in [4.78, 5) is 0. The van der Waals surface area contributed by atoms with Crippen molar-refractivity contribution in [3.8, 4) is 0 Å². The summed E-state index contributed by atoms with van der Waals surface area (Å²) in [5.74, 6) is 0. The van der Waals surface area contributed by atoms with Gasteiger partial charge in [-0.15, -0.1) is 0 Å². The Labute approximate surface area is 180 Å². The van der Waals surface area contributed by atoms with Gasteiger partial charge < -0.3 is 15.2 Å². The van der Waals surface area contributed by atoms with Crippen molar-refractivity contribution in [1.29, 1.82) is 0 Å². The van der Waals surface area contributed by atoms with Crippen molar-refractivity contribution >= 4 is 19.6 Å². The number of rotatable bonds is 9. The third-order valence-electron chi connectivity index (χ3n) is 5.67. The normalized spacial score (nSPS) is 11.8. The lowest BCUT2D eigenvalue weighted by molar-refractivity contribution is 0.452. The van der Waals surface area contributed by atoms with Crippen molar-refractivity contribution in [2.45, 2.75) is 61.2 Å². The number of anilines is 2. The smallest absolute Gasteiger partial charge is 0.119 e. The molecule has 3 nitrogen and oxygen atoms in total. The Bertz CT molecular complexity index is 727. The molecule has 0 heterocycles. The van der Waals surface area contributed by atoms with Crippen LogP contribution in [-0.2, 0) is 0 Å². The zero-order valence-electron chi connectivity index (χ0n) is 20.1. The first-order chi connectivity index (χ1) is 13.5. The van der Waals surface area contributed by atoms with E-state index >= 15 is 0 Å². The van der Waals surface area contributed by atoms with E-state index in [4.69, 9.17) is 0 Å². The third-order valence-corrected chi connectivity index (χ3v) is 8.01. The highest BCUT2D eigenvalue weighted by Crippen LogP contribution is 2.23. The highest BCUT2D eigenvalue weighted by molar-refractivity contribution is 6.73. The molecule has 0 aromatic heterocycles. The van der Waals surface area contributed by atoms with Crippen LogP contribution in [0.2, 0.25) is 19.6 Å². The summed E-state index contributed by atoms with van der Waals surface area (Å²) in [6, 6.07) is 9.06. The molecule has 4 heteroatoms. The molecule has 2 N–H and O–H groups in total. The van der Waals surface area contributed by atoms with Gasteiger partial charge in [0, 0.05) is 37.6 Å². The second-order valence-electron chi connectivity index (χ2n) is 9.56.